The van der Waals surface area contributed by atoms with Crippen LogP contribution in [0.4, 0.5) is 10.1 Å². The minimum atomic E-state index is -0.293. The fourth-order valence-electron chi connectivity index (χ4n) is 3.21. The molecule has 4 rings (SSSR count). The van der Waals surface area contributed by atoms with Crippen molar-refractivity contribution in [2.24, 2.45) is 0 Å². The first-order valence-electron chi connectivity index (χ1n) is 9.96. The SMILES string of the molecule is COc1ccc(N2C(=O)/C(=C\c3ccc(OCc4ccc(F)cc4)c(OC)c3)SC2=S)cc1. The Morgan fingerprint density at radius 1 is 0.970 bits per heavy atom. The van der Waals surface area contributed by atoms with Crippen molar-refractivity contribution in [1.82, 2.24) is 0 Å². The molecule has 3 aromatic carbocycles. The van der Waals surface area contributed by atoms with Crippen LogP contribution in [0.1, 0.15) is 11.1 Å². The molecule has 8 heteroatoms. The van der Waals surface area contributed by atoms with Crippen molar-refractivity contribution in [2.75, 3.05) is 19.1 Å². The summed E-state index contributed by atoms with van der Waals surface area (Å²) in [4.78, 5) is 15.0. The highest BCUT2D eigenvalue weighted by Crippen LogP contribution is 2.37. The van der Waals surface area contributed by atoms with E-state index in [0.717, 1.165) is 11.1 Å². The highest BCUT2D eigenvalue weighted by molar-refractivity contribution is 8.27. The van der Waals surface area contributed by atoms with Crippen molar-refractivity contribution in [3.05, 3.63) is 88.6 Å². The van der Waals surface area contributed by atoms with Gasteiger partial charge in [0.05, 0.1) is 24.8 Å². The van der Waals surface area contributed by atoms with Crippen LogP contribution in [0.3, 0.4) is 0 Å². The summed E-state index contributed by atoms with van der Waals surface area (Å²) in [5.41, 5.74) is 2.30. The molecule has 0 radical (unpaired) electrons. The topological polar surface area (TPSA) is 48.0 Å². The van der Waals surface area contributed by atoms with Crippen molar-refractivity contribution in [2.45, 2.75) is 6.61 Å². The largest absolute Gasteiger partial charge is 0.497 e. The van der Waals surface area contributed by atoms with Gasteiger partial charge in [-0.1, -0.05) is 42.2 Å². The summed E-state index contributed by atoms with van der Waals surface area (Å²) in [6.45, 7) is 0.274. The van der Waals surface area contributed by atoms with Gasteiger partial charge < -0.3 is 14.2 Å². The van der Waals surface area contributed by atoms with Gasteiger partial charge >= 0.3 is 0 Å². The maximum atomic E-state index is 13.1. The van der Waals surface area contributed by atoms with E-state index in [9.17, 15) is 9.18 Å². The lowest BCUT2D eigenvalue weighted by molar-refractivity contribution is -0.113. The molecule has 0 aromatic heterocycles. The Morgan fingerprint density at radius 3 is 2.36 bits per heavy atom. The maximum Gasteiger partial charge on any atom is 0.270 e. The first kappa shape index (κ1) is 22.8. The molecular formula is C25H20FNO4S2. The fraction of sp³-hybridized carbons (Fsp3) is 0.120. The van der Waals surface area contributed by atoms with E-state index in [2.05, 4.69) is 0 Å². The number of carbonyl (C=O) groups is 1. The van der Waals surface area contributed by atoms with Crippen LogP contribution in [0.25, 0.3) is 6.08 Å². The molecule has 1 fully saturated rings. The molecule has 0 atom stereocenters. The lowest BCUT2D eigenvalue weighted by Gasteiger charge is -2.14. The zero-order valence-corrected chi connectivity index (χ0v) is 19.5. The van der Waals surface area contributed by atoms with Gasteiger partial charge in [-0.2, -0.15) is 0 Å². The number of nitrogens with zero attached hydrogens (tertiary/aromatic N) is 1. The summed E-state index contributed by atoms with van der Waals surface area (Å²) >= 11 is 6.68. The average Bonchev–Trinajstić information content (AvgIpc) is 3.11. The van der Waals surface area contributed by atoms with Crippen LogP contribution in [0.15, 0.2) is 71.6 Å². The lowest BCUT2D eigenvalue weighted by Crippen LogP contribution is -2.27. The summed E-state index contributed by atoms with van der Waals surface area (Å²) in [5, 5.41) is 0. The van der Waals surface area contributed by atoms with Gasteiger partial charge in [-0.25, -0.2) is 4.39 Å². The van der Waals surface area contributed by atoms with Gasteiger partial charge in [-0.15, -0.1) is 0 Å². The number of thiocarbonyl (C=S) groups is 1. The van der Waals surface area contributed by atoms with Crippen molar-refractivity contribution < 1.29 is 23.4 Å². The highest BCUT2D eigenvalue weighted by Gasteiger charge is 2.33. The van der Waals surface area contributed by atoms with E-state index in [4.69, 9.17) is 26.4 Å². The smallest absolute Gasteiger partial charge is 0.270 e. The van der Waals surface area contributed by atoms with E-state index < -0.39 is 0 Å². The Morgan fingerprint density at radius 2 is 1.70 bits per heavy atom. The van der Waals surface area contributed by atoms with Crippen LogP contribution in [-0.2, 0) is 11.4 Å². The Hall–Kier alpha value is -3.36. The minimum absolute atomic E-state index is 0.189. The summed E-state index contributed by atoms with van der Waals surface area (Å²) < 4.78 is 30.0. The number of anilines is 1. The Balaban J connectivity index is 1.51. The molecule has 168 valence electrons. The maximum absolute atomic E-state index is 13.1. The van der Waals surface area contributed by atoms with E-state index in [-0.39, 0.29) is 18.3 Å². The zero-order chi connectivity index (χ0) is 23.4. The molecule has 0 bridgehead atoms. The van der Waals surface area contributed by atoms with Gasteiger partial charge in [0.25, 0.3) is 5.91 Å². The molecule has 0 saturated carbocycles. The molecule has 1 aliphatic heterocycles. The Kier molecular flexibility index (Phi) is 6.96. The van der Waals surface area contributed by atoms with E-state index in [0.29, 0.717) is 32.2 Å². The number of ether oxygens (including phenoxy) is 3. The van der Waals surface area contributed by atoms with Gasteiger partial charge in [0, 0.05) is 0 Å². The van der Waals surface area contributed by atoms with Crippen LogP contribution >= 0.6 is 24.0 Å². The summed E-state index contributed by atoms with van der Waals surface area (Å²) in [7, 11) is 3.14. The zero-order valence-electron chi connectivity index (χ0n) is 17.9. The summed E-state index contributed by atoms with van der Waals surface area (Å²) in [5.74, 6) is 1.29. The minimum Gasteiger partial charge on any atom is -0.497 e. The van der Waals surface area contributed by atoms with Crippen molar-refractivity contribution >= 4 is 46.0 Å². The van der Waals surface area contributed by atoms with E-state index in [1.165, 1.54) is 28.8 Å². The average molecular weight is 482 g/mol. The van der Waals surface area contributed by atoms with Gasteiger partial charge in [-0.3, -0.25) is 9.69 Å². The number of thioether (sulfide) groups is 1. The van der Waals surface area contributed by atoms with Crippen molar-refractivity contribution in [3.63, 3.8) is 0 Å². The molecule has 0 spiro atoms. The van der Waals surface area contributed by atoms with E-state index in [1.807, 2.05) is 6.07 Å². The van der Waals surface area contributed by atoms with Gasteiger partial charge in [0.1, 0.15) is 18.2 Å². The predicted molar refractivity (Wildman–Crippen MR) is 132 cm³/mol. The fourth-order valence-corrected chi connectivity index (χ4v) is 4.51. The van der Waals surface area contributed by atoms with E-state index in [1.54, 1.807) is 68.8 Å². The standard InChI is InChI=1S/C25H20FNO4S2/c1-29-20-10-8-19(9-11-20)27-24(28)23(33-25(27)32)14-17-5-12-21(22(13-17)30-2)31-15-16-3-6-18(26)7-4-16/h3-14H,15H2,1-2H3/b23-14+. The highest BCUT2D eigenvalue weighted by atomic mass is 32.2. The Labute approximate surface area is 200 Å². The predicted octanol–water partition coefficient (Wildman–Crippen LogP) is 5.83. The molecule has 0 aliphatic carbocycles. The molecule has 1 aliphatic rings. The molecule has 0 N–H and O–H groups in total. The number of hydrogen-bond acceptors (Lipinski definition) is 6. The summed E-state index contributed by atoms with van der Waals surface area (Å²) in [6, 6.07) is 18.7. The van der Waals surface area contributed by atoms with Crippen LogP contribution in [0.2, 0.25) is 0 Å². The molecule has 5 nitrogen and oxygen atoms in total. The molecule has 1 heterocycles. The first-order valence-corrected chi connectivity index (χ1v) is 11.2. The number of halogens is 1. The number of benzene rings is 3. The number of hydrogen-bond donors (Lipinski definition) is 0. The number of methoxy groups -OCH3 is 2. The molecule has 1 amide bonds. The van der Waals surface area contributed by atoms with Crippen LogP contribution in [0, 0.1) is 5.82 Å². The monoisotopic (exact) mass is 481 g/mol. The normalized spacial score (nSPS) is 14.6. The number of rotatable bonds is 7. The lowest BCUT2D eigenvalue weighted by atomic mass is 10.1. The van der Waals surface area contributed by atoms with E-state index >= 15 is 0 Å². The van der Waals surface area contributed by atoms with Gasteiger partial charge in [-0.05, 0) is 65.7 Å². The van der Waals surface area contributed by atoms with Crippen LogP contribution in [-0.4, -0.2) is 24.4 Å². The Bertz CT molecular complexity index is 1210. The third-order valence-electron chi connectivity index (χ3n) is 4.92. The molecule has 1 saturated heterocycles. The third kappa shape index (κ3) is 5.18. The molecule has 0 unspecified atom stereocenters. The number of amides is 1. The van der Waals surface area contributed by atoms with Crippen LogP contribution in [0.5, 0.6) is 17.2 Å². The second kappa shape index (κ2) is 10.1. The first-order chi connectivity index (χ1) is 16.0. The third-order valence-corrected chi connectivity index (χ3v) is 6.22. The van der Waals surface area contributed by atoms with Gasteiger partial charge in [0.15, 0.2) is 15.8 Å². The van der Waals surface area contributed by atoms with Crippen molar-refractivity contribution in [3.8, 4) is 17.2 Å². The number of carbonyl (C=O) groups excluding carboxylic acids is 1. The second-order valence-electron chi connectivity index (χ2n) is 7.04. The molecular weight excluding hydrogens is 461 g/mol. The summed E-state index contributed by atoms with van der Waals surface area (Å²) in [6.07, 6.45) is 1.77. The molecule has 33 heavy (non-hydrogen) atoms. The van der Waals surface area contributed by atoms with Crippen LogP contribution < -0.4 is 19.1 Å². The second-order valence-corrected chi connectivity index (χ2v) is 8.72. The molecule has 3 aromatic rings. The van der Waals surface area contributed by atoms with Gasteiger partial charge in [0.2, 0.25) is 0 Å². The quantitative estimate of drug-likeness (QED) is 0.313. The van der Waals surface area contributed by atoms with Crippen molar-refractivity contribution in [1.29, 1.82) is 0 Å².